The third-order valence-electron chi connectivity index (χ3n) is 4.86. The second kappa shape index (κ2) is 7.21. The van der Waals surface area contributed by atoms with Crippen molar-refractivity contribution in [1.29, 1.82) is 0 Å². The fourth-order valence-corrected chi connectivity index (χ4v) is 3.22. The minimum absolute atomic E-state index is 0.142. The van der Waals surface area contributed by atoms with Crippen LogP contribution in [0.3, 0.4) is 0 Å². The van der Waals surface area contributed by atoms with Crippen LogP contribution in [0, 0.1) is 17.6 Å². The summed E-state index contributed by atoms with van der Waals surface area (Å²) >= 11 is 0. The minimum Gasteiger partial charge on any atom is -0.493 e. The van der Waals surface area contributed by atoms with Gasteiger partial charge >= 0.3 is 0 Å². The number of ether oxygens (including phenoxy) is 1. The Balaban J connectivity index is 1.52. The van der Waals surface area contributed by atoms with Crippen LogP contribution in [0.2, 0.25) is 0 Å². The summed E-state index contributed by atoms with van der Waals surface area (Å²) in [4.78, 5) is 12.0. The maximum Gasteiger partial charge on any atom is 0.223 e. The smallest absolute Gasteiger partial charge is 0.223 e. The molecule has 0 spiro atoms. The van der Waals surface area contributed by atoms with Crippen molar-refractivity contribution in [2.45, 2.75) is 25.2 Å². The Bertz CT molecular complexity index is 751. The molecule has 2 aromatic carbocycles. The van der Waals surface area contributed by atoms with Crippen molar-refractivity contribution in [3.05, 3.63) is 65.7 Å². The number of amides is 1. The number of hydrogen-bond acceptors (Lipinski definition) is 2. The molecule has 2 aromatic rings. The summed E-state index contributed by atoms with van der Waals surface area (Å²) < 4.78 is 32.7. The average Bonchev–Trinajstić information content (AvgIpc) is 3.25. The molecular formula is C20H21F2NO2. The predicted octanol–water partition coefficient (Wildman–Crippen LogP) is 3.83. The van der Waals surface area contributed by atoms with E-state index in [0.29, 0.717) is 12.1 Å². The Morgan fingerprint density at radius 1 is 1.24 bits per heavy atom. The normalized spacial score (nSPS) is 21.6. The topological polar surface area (TPSA) is 38.3 Å². The van der Waals surface area contributed by atoms with E-state index >= 15 is 0 Å². The second-order valence-corrected chi connectivity index (χ2v) is 6.57. The molecule has 2 unspecified atom stereocenters. The third kappa shape index (κ3) is 3.98. The summed E-state index contributed by atoms with van der Waals surface area (Å²) in [5.74, 6) is -0.320. The molecule has 1 aliphatic rings. The molecule has 1 amide bonds. The highest BCUT2D eigenvalue weighted by Crippen LogP contribution is 2.54. The van der Waals surface area contributed by atoms with Gasteiger partial charge in [0.05, 0.1) is 13.0 Å². The maximum absolute atomic E-state index is 14.1. The molecule has 3 nitrogen and oxygen atoms in total. The van der Waals surface area contributed by atoms with E-state index in [1.54, 1.807) is 0 Å². The van der Waals surface area contributed by atoms with E-state index in [-0.39, 0.29) is 24.9 Å². The van der Waals surface area contributed by atoms with Crippen LogP contribution in [0.4, 0.5) is 8.78 Å². The van der Waals surface area contributed by atoms with Crippen LogP contribution in [-0.2, 0) is 10.2 Å². The lowest BCUT2D eigenvalue weighted by atomic mass is 9.92. The molecule has 25 heavy (non-hydrogen) atoms. The molecule has 0 heterocycles. The molecule has 0 aromatic heterocycles. The molecule has 2 atom stereocenters. The lowest BCUT2D eigenvalue weighted by Crippen LogP contribution is -2.34. The summed E-state index contributed by atoms with van der Waals surface area (Å²) in [6.07, 6.45) is 1.00. The van der Waals surface area contributed by atoms with Gasteiger partial charge in [0.15, 0.2) is 0 Å². The van der Waals surface area contributed by atoms with Crippen molar-refractivity contribution in [2.24, 2.45) is 5.92 Å². The van der Waals surface area contributed by atoms with Gasteiger partial charge in [-0.1, -0.05) is 31.2 Å². The number of halogens is 2. The quantitative estimate of drug-likeness (QED) is 0.828. The number of carbonyl (C=O) groups is 1. The van der Waals surface area contributed by atoms with Crippen molar-refractivity contribution < 1.29 is 18.3 Å². The fraction of sp³-hybridized carbons (Fsp3) is 0.350. The minimum atomic E-state index is -0.591. The van der Waals surface area contributed by atoms with E-state index < -0.39 is 17.0 Å². The zero-order valence-electron chi connectivity index (χ0n) is 14.1. The van der Waals surface area contributed by atoms with Gasteiger partial charge in [0.25, 0.3) is 0 Å². The first-order valence-electron chi connectivity index (χ1n) is 8.41. The Labute approximate surface area is 146 Å². The number of rotatable bonds is 7. The van der Waals surface area contributed by atoms with Gasteiger partial charge in [-0.3, -0.25) is 4.79 Å². The largest absolute Gasteiger partial charge is 0.493 e. The SMILES string of the molecule is CC1CC1(CNC(=O)CCOc1ccccc1)c1ccc(F)cc1F. The molecule has 0 saturated heterocycles. The molecule has 5 heteroatoms. The molecule has 1 aliphatic carbocycles. The number of hydrogen-bond donors (Lipinski definition) is 1. The monoisotopic (exact) mass is 345 g/mol. The van der Waals surface area contributed by atoms with Gasteiger partial charge in [-0.05, 0) is 36.1 Å². The summed E-state index contributed by atoms with van der Waals surface area (Å²) in [6, 6.07) is 12.9. The Kier molecular flexibility index (Phi) is 5.02. The van der Waals surface area contributed by atoms with Crippen molar-refractivity contribution in [2.75, 3.05) is 13.2 Å². The first-order valence-corrected chi connectivity index (χ1v) is 8.41. The molecule has 1 fully saturated rings. The van der Waals surface area contributed by atoms with E-state index in [0.717, 1.165) is 18.2 Å². The van der Waals surface area contributed by atoms with Gasteiger partial charge in [0.1, 0.15) is 17.4 Å². The van der Waals surface area contributed by atoms with Crippen molar-refractivity contribution in [3.63, 3.8) is 0 Å². The molecule has 0 radical (unpaired) electrons. The molecule has 1 N–H and O–H groups in total. The van der Waals surface area contributed by atoms with Crippen LogP contribution in [0.15, 0.2) is 48.5 Å². The molecule has 3 rings (SSSR count). The summed E-state index contributed by atoms with van der Waals surface area (Å²) in [5, 5.41) is 2.86. The highest BCUT2D eigenvalue weighted by molar-refractivity contribution is 5.76. The molecule has 0 bridgehead atoms. The lowest BCUT2D eigenvalue weighted by Gasteiger charge is -2.19. The van der Waals surface area contributed by atoms with Crippen LogP contribution in [0.25, 0.3) is 0 Å². The van der Waals surface area contributed by atoms with Gasteiger partial charge in [0, 0.05) is 18.0 Å². The summed E-state index contributed by atoms with van der Waals surface area (Å²) in [5.41, 5.74) is 0.0375. The molecule has 132 valence electrons. The summed E-state index contributed by atoms with van der Waals surface area (Å²) in [7, 11) is 0. The van der Waals surface area contributed by atoms with E-state index in [2.05, 4.69) is 5.32 Å². The third-order valence-corrected chi connectivity index (χ3v) is 4.86. The van der Waals surface area contributed by atoms with Crippen LogP contribution >= 0.6 is 0 Å². The number of carbonyl (C=O) groups excluding carboxylic acids is 1. The van der Waals surface area contributed by atoms with Gasteiger partial charge in [-0.15, -0.1) is 0 Å². The van der Waals surface area contributed by atoms with Gasteiger partial charge in [-0.2, -0.15) is 0 Å². The second-order valence-electron chi connectivity index (χ2n) is 6.57. The molecule has 0 aliphatic heterocycles. The van der Waals surface area contributed by atoms with E-state index in [1.165, 1.54) is 12.1 Å². The number of nitrogens with one attached hydrogen (secondary N) is 1. The Morgan fingerprint density at radius 3 is 2.60 bits per heavy atom. The first-order chi connectivity index (χ1) is 12.0. The molecule has 1 saturated carbocycles. The standard InChI is InChI=1S/C20H21F2NO2/c1-14-12-20(14,17-8-7-15(21)11-18(17)22)13-23-19(24)9-10-25-16-5-3-2-4-6-16/h2-8,11,14H,9-10,12-13H2,1H3,(H,23,24). The van der Waals surface area contributed by atoms with Crippen LogP contribution in [0.1, 0.15) is 25.3 Å². The molecular weight excluding hydrogens is 324 g/mol. The zero-order chi connectivity index (χ0) is 17.9. The Morgan fingerprint density at radius 2 is 1.96 bits per heavy atom. The van der Waals surface area contributed by atoms with Crippen molar-refractivity contribution in [3.8, 4) is 5.75 Å². The van der Waals surface area contributed by atoms with Crippen LogP contribution < -0.4 is 10.1 Å². The number of benzene rings is 2. The Hall–Kier alpha value is -2.43. The van der Waals surface area contributed by atoms with E-state index in [9.17, 15) is 13.6 Å². The van der Waals surface area contributed by atoms with Crippen LogP contribution in [0.5, 0.6) is 5.75 Å². The summed E-state index contributed by atoms with van der Waals surface area (Å²) in [6.45, 7) is 2.64. The fourth-order valence-electron chi connectivity index (χ4n) is 3.22. The zero-order valence-corrected chi connectivity index (χ0v) is 14.1. The van der Waals surface area contributed by atoms with E-state index in [1.807, 2.05) is 37.3 Å². The van der Waals surface area contributed by atoms with Crippen molar-refractivity contribution >= 4 is 5.91 Å². The maximum atomic E-state index is 14.1. The highest BCUT2D eigenvalue weighted by Gasteiger charge is 2.53. The number of para-hydroxylation sites is 1. The highest BCUT2D eigenvalue weighted by atomic mass is 19.1. The van der Waals surface area contributed by atoms with Gasteiger partial charge in [0.2, 0.25) is 5.91 Å². The van der Waals surface area contributed by atoms with Crippen LogP contribution in [-0.4, -0.2) is 19.1 Å². The van der Waals surface area contributed by atoms with E-state index in [4.69, 9.17) is 4.74 Å². The van der Waals surface area contributed by atoms with Gasteiger partial charge in [-0.25, -0.2) is 8.78 Å². The first kappa shape index (κ1) is 17.4. The van der Waals surface area contributed by atoms with Crippen molar-refractivity contribution in [1.82, 2.24) is 5.32 Å². The van der Waals surface area contributed by atoms with Gasteiger partial charge < -0.3 is 10.1 Å². The predicted molar refractivity (Wildman–Crippen MR) is 91.4 cm³/mol. The average molecular weight is 345 g/mol. The lowest BCUT2D eigenvalue weighted by molar-refractivity contribution is -0.121.